The van der Waals surface area contributed by atoms with Gasteiger partial charge in [-0.25, -0.2) is 4.98 Å². The van der Waals surface area contributed by atoms with Gasteiger partial charge in [-0.2, -0.15) is 0 Å². The van der Waals surface area contributed by atoms with E-state index in [-0.39, 0.29) is 5.91 Å². The molecule has 4 heteroatoms. The molecule has 1 heterocycles. The molecule has 0 aliphatic heterocycles. The summed E-state index contributed by atoms with van der Waals surface area (Å²) in [6, 6.07) is 3.70. The highest BCUT2D eigenvalue weighted by Crippen LogP contribution is 2.20. The number of rotatable bonds is 5. The van der Waals surface area contributed by atoms with Crippen LogP contribution >= 0.6 is 0 Å². The van der Waals surface area contributed by atoms with E-state index < -0.39 is 0 Å². The first-order valence-corrected chi connectivity index (χ1v) is 6.20. The lowest BCUT2D eigenvalue weighted by Crippen LogP contribution is -2.24. The molecule has 2 rings (SSSR count). The highest BCUT2D eigenvalue weighted by atomic mass is 16.5. The molecule has 0 saturated carbocycles. The first-order chi connectivity index (χ1) is 8.78. The van der Waals surface area contributed by atoms with Crippen molar-refractivity contribution in [2.24, 2.45) is 5.92 Å². The molecular weight excluding hydrogens is 228 g/mol. The Morgan fingerprint density at radius 1 is 1.56 bits per heavy atom. The molecule has 1 aliphatic rings. The largest absolute Gasteiger partial charge is 0.481 e. The molecule has 1 aromatic heterocycles. The maximum atomic E-state index is 11.7. The molecule has 0 saturated heterocycles. The second-order valence-electron chi connectivity index (χ2n) is 4.46. The van der Waals surface area contributed by atoms with Crippen LogP contribution in [0.2, 0.25) is 0 Å². The van der Waals surface area contributed by atoms with Crippen molar-refractivity contribution in [3.05, 3.63) is 36.0 Å². The van der Waals surface area contributed by atoms with Crippen molar-refractivity contribution >= 4 is 5.91 Å². The van der Waals surface area contributed by atoms with Crippen molar-refractivity contribution in [1.29, 1.82) is 0 Å². The van der Waals surface area contributed by atoms with Crippen molar-refractivity contribution in [3.8, 4) is 5.88 Å². The predicted octanol–water partition coefficient (Wildman–Crippen LogP) is 2.06. The fourth-order valence-electron chi connectivity index (χ4n) is 2.01. The molecule has 0 unspecified atom stereocenters. The van der Waals surface area contributed by atoms with E-state index in [1.165, 1.54) is 0 Å². The van der Waals surface area contributed by atoms with Gasteiger partial charge in [0.25, 0.3) is 0 Å². The Bertz CT molecular complexity index is 426. The third kappa shape index (κ3) is 3.58. The third-order valence-electron chi connectivity index (χ3n) is 3.06. The van der Waals surface area contributed by atoms with Crippen LogP contribution in [0.3, 0.4) is 0 Å². The van der Waals surface area contributed by atoms with Crippen LogP contribution in [0.1, 0.15) is 24.8 Å². The molecule has 0 aromatic carbocycles. The summed E-state index contributed by atoms with van der Waals surface area (Å²) in [6.07, 6.45) is 8.77. The maximum absolute atomic E-state index is 11.7. The number of hydrogen-bond acceptors (Lipinski definition) is 3. The number of carbonyl (C=O) groups excluding carboxylic acids is 1. The van der Waals surface area contributed by atoms with Crippen LogP contribution in [-0.4, -0.2) is 18.0 Å². The number of allylic oxidation sites excluding steroid dienone is 2. The Balaban J connectivity index is 1.75. The number of ether oxygens (including phenoxy) is 1. The van der Waals surface area contributed by atoms with Gasteiger partial charge in [-0.3, -0.25) is 4.79 Å². The average Bonchev–Trinajstić information content (AvgIpc) is 2.90. The zero-order valence-corrected chi connectivity index (χ0v) is 10.6. The summed E-state index contributed by atoms with van der Waals surface area (Å²) in [7, 11) is 1.58. The van der Waals surface area contributed by atoms with E-state index in [0.717, 1.165) is 18.4 Å². The minimum Gasteiger partial charge on any atom is -0.481 e. The molecule has 1 aliphatic carbocycles. The molecule has 1 N–H and O–H groups in total. The standard InChI is InChI=1S/C14H18N2O2/c1-18-14-7-6-12(10-16-14)9-15-13(17)8-11-4-2-3-5-11/h2,4,6-7,10-11H,3,5,8-9H2,1H3,(H,15,17)/t11-/m0/s1. The SMILES string of the molecule is COc1ccc(CNC(=O)C[C@H]2C=CCC2)cn1. The summed E-state index contributed by atoms with van der Waals surface area (Å²) in [5.41, 5.74) is 0.978. The smallest absolute Gasteiger partial charge is 0.220 e. The summed E-state index contributed by atoms with van der Waals surface area (Å²) >= 11 is 0. The van der Waals surface area contributed by atoms with E-state index in [1.807, 2.05) is 6.07 Å². The van der Waals surface area contributed by atoms with Gasteiger partial charge in [0.1, 0.15) is 0 Å². The van der Waals surface area contributed by atoms with Gasteiger partial charge < -0.3 is 10.1 Å². The Morgan fingerprint density at radius 3 is 3.06 bits per heavy atom. The van der Waals surface area contributed by atoms with Gasteiger partial charge in [-0.05, 0) is 24.3 Å². The quantitative estimate of drug-likeness (QED) is 0.809. The number of hydrogen-bond donors (Lipinski definition) is 1. The van der Waals surface area contributed by atoms with Gasteiger partial charge in [-0.15, -0.1) is 0 Å². The number of pyridine rings is 1. The lowest BCUT2D eigenvalue weighted by atomic mass is 10.1. The molecular formula is C14H18N2O2. The van der Waals surface area contributed by atoms with Crippen molar-refractivity contribution in [1.82, 2.24) is 10.3 Å². The van der Waals surface area contributed by atoms with E-state index in [2.05, 4.69) is 22.5 Å². The lowest BCUT2D eigenvalue weighted by molar-refractivity contribution is -0.121. The van der Waals surface area contributed by atoms with E-state index in [4.69, 9.17) is 4.74 Å². The number of carbonyl (C=O) groups is 1. The number of nitrogens with zero attached hydrogens (tertiary/aromatic N) is 1. The predicted molar refractivity (Wildman–Crippen MR) is 69.1 cm³/mol. The highest BCUT2D eigenvalue weighted by molar-refractivity contribution is 5.76. The molecule has 96 valence electrons. The van der Waals surface area contributed by atoms with E-state index in [1.54, 1.807) is 19.4 Å². The lowest BCUT2D eigenvalue weighted by Gasteiger charge is -2.08. The summed E-state index contributed by atoms with van der Waals surface area (Å²) in [4.78, 5) is 15.8. The third-order valence-corrected chi connectivity index (χ3v) is 3.06. The van der Waals surface area contributed by atoms with Gasteiger partial charge in [0.15, 0.2) is 0 Å². The van der Waals surface area contributed by atoms with Crippen molar-refractivity contribution in [2.75, 3.05) is 7.11 Å². The van der Waals surface area contributed by atoms with Crippen LogP contribution in [0.5, 0.6) is 5.88 Å². The Morgan fingerprint density at radius 2 is 2.44 bits per heavy atom. The van der Waals surface area contributed by atoms with Gasteiger partial charge in [0, 0.05) is 25.2 Å². The summed E-state index contributed by atoms with van der Waals surface area (Å²) in [5.74, 6) is 1.10. The van der Waals surface area contributed by atoms with Gasteiger partial charge in [-0.1, -0.05) is 18.2 Å². The van der Waals surface area contributed by atoms with Crippen LogP contribution in [0.25, 0.3) is 0 Å². The maximum Gasteiger partial charge on any atom is 0.220 e. The second kappa shape index (κ2) is 6.19. The molecule has 1 atom stereocenters. The van der Waals surface area contributed by atoms with Crippen molar-refractivity contribution < 1.29 is 9.53 Å². The number of nitrogens with one attached hydrogen (secondary N) is 1. The first kappa shape index (κ1) is 12.6. The monoisotopic (exact) mass is 246 g/mol. The molecule has 0 bridgehead atoms. The summed E-state index contributed by atoms with van der Waals surface area (Å²) < 4.78 is 4.98. The van der Waals surface area contributed by atoms with Gasteiger partial charge >= 0.3 is 0 Å². The van der Waals surface area contributed by atoms with Crippen LogP contribution in [0.4, 0.5) is 0 Å². The minimum atomic E-state index is 0.0994. The summed E-state index contributed by atoms with van der Waals surface area (Å²) in [5, 5.41) is 2.91. The highest BCUT2D eigenvalue weighted by Gasteiger charge is 2.13. The fourth-order valence-corrected chi connectivity index (χ4v) is 2.01. The Hall–Kier alpha value is -1.84. The fraction of sp³-hybridized carbons (Fsp3) is 0.429. The van der Waals surface area contributed by atoms with Crippen molar-refractivity contribution in [2.45, 2.75) is 25.8 Å². The molecule has 0 spiro atoms. The van der Waals surface area contributed by atoms with E-state index in [0.29, 0.717) is 24.8 Å². The van der Waals surface area contributed by atoms with Crippen LogP contribution in [0, 0.1) is 5.92 Å². The van der Waals surface area contributed by atoms with Crippen LogP contribution in [-0.2, 0) is 11.3 Å². The number of amides is 1. The molecule has 1 aromatic rings. The second-order valence-corrected chi connectivity index (χ2v) is 4.46. The van der Waals surface area contributed by atoms with Crippen LogP contribution < -0.4 is 10.1 Å². The first-order valence-electron chi connectivity index (χ1n) is 6.20. The van der Waals surface area contributed by atoms with Gasteiger partial charge in [0.05, 0.1) is 7.11 Å². The van der Waals surface area contributed by atoms with E-state index in [9.17, 15) is 4.79 Å². The molecule has 0 radical (unpaired) electrons. The molecule has 1 amide bonds. The Labute approximate surface area is 107 Å². The average molecular weight is 246 g/mol. The Kier molecular flexibility index (Phi) is 4.34. The number of aromatic nitrogens is 1. The van der Waals surface area contributed by atoms with Crippen LogP contribution in [0.15, 0.2) is 30.5 Å². The molecule has 18 heavy (non-hydrogen) atoms. The van der Waals surface area contributed by atoms with Crippen molar-refractivity contribution in [3.63, 3.8) is 0 Å². The minimum absolute atomic E-state index is 0.0994. The zero-order chi connectivity index (χ0) is 12.8. The molecule has 0 fully saturated rings. The molecule has 4 nitrogen and oxygen atoms in total. The zero-order valence-electron chi connectivity index (χ0n) is 10.6. The normalized spacial score (nSPS) is 17.7. The topological polar surface area (TPSA) is 51.2 Å². The summed E-state index contributed by atoms with van der Waals surface area (Å²) in [6.45, 7) is 0.520. The van der Waals surface area contributed by atoms with E-state index >= 15 is 0 Å². The van der Waals surface area contributed by atoms with Gasteiger partial charge in [0.2, 0.25) is 11.8 Å². The number of methoxy groups -OCH3 is 1.